The molecule has 2 heteroatoms. The van der Waals surface area contributed by atoms with Gasteiger partial charge in [-0.3, -0.25) is 4.79 Å². The third-order valence-corrected chi connectivity index (χ3v) is 3.74. The molecule has 0 aliphatic carbocycles. The van der Waals surface area contributed by atoms with Crippen molar-refractivity contribution in [2.24, 2.45) is 0 Å². The molecule has 0 aliphatic rings. The average molecular weight is 263 g/mol. The van der Waals surface area contributed by atoms with E-state index in [1.54, 1.807) is 0 Å². The summed E-state index contributed by atoms with van der Waals surface area (Å²) in [4.78, 5) is 10.7. The highest BCUT2D eigenvalue weighted by molar-refractivity contribution is 5.72. The maximum atomic E-state index is 10.7. The van der Waals surface area contributed by atoms with Gasteiger partial charge in [-0.2, -0.15) is 0 Å². The largest absolute Gasteiger partial charge is 0.345 e. The van der Waals surface area contributed by atoms with Crippen LogP contribution in [0.15, 0.2) is 18.3 Å². The van der Waals surface area contributed by atoms with Crippen molar-refractivity contribution >= 4 is 6.29 Å². The highest BCUT2D eigenvalue weighted by Gasteiger charge is 1.98. The van der Waals surface area contributed by atoms with Gasteiger partial charge in [0, 0.05) is 12.7 Å². The minimum absolute atomic E-state index is 0.802. The molecule has 1 aromatic rings. The second-order valence-electron chi connectivity index (χ2n) is 5.43. The maximum Gasteiger partial charge on any atom is 0.166 e. The van der Waals surface area contributed by atoms with Crippen LogP contribution in [0.2, 0.25) is 0 Å². The van der Waals surface area contributed by atoms with Gasteiger partial charge in [0.25, 0.3) is 0 Å². The van der Waals surface area contributed by atoms with Crippen LogP contribution in [-0.4, -0.2) is 10.9 Å². The number of hydrogen-bond donors (Lipinski definition) is 0. The minimum atomic E-state index is 0.802. The molecule has 0 amide bonds. The number of rotatable bonds is 12. The molecule has 0 saturated carbocycles. The fraction of sp³-hybridized carbons (Fsp3) is 0.706. The van der Waals surface area contributed by atoms with E-state index >= 15 is 0 Å². The standard InChI is InChI=1S/C17H29NO/c1-2-3-4-5-6-7-8-9-10-11-14-18-15-12-13-17(18)16-19/h12-13,15-16H,2-11,14H2,1H3. The predicted molar refractivity (Wildman–Crippen MR) is 81.7 cm³/mol. The van der Waals surface area contributed by atoms with Gasteiger partial charge in [-0.25, -0.2) is 0 Å². The first-order valence-electron chi connectivity index (χ1n) is 7.98. The Morgan fingerprint density at radius 3 is 2.11 bits per heavy atom. The van der Waals surface area contributed by atoms with Crippen molar-refractivity contribution in [3.8, 4) is 0 Å². The molecule has 0 N–H and O–H groups in total. The van der Waals surface area contributed by atoms with Gasteiger partial charge < -0.3 is 4.57 Å². The summed E-state index contributed by atoms with van der Waals surface area (Å²) in [6, 6.07) is 3.82. The van der Waals surface area contributed by atoms with Crippen LogP contribution in [0.25, 0.3) is 0 Å². The van der Waals surface area contributed by atoms with Crippen molar-refractivity contribution in [1.29, 1.82) is 0 Å². The molecule has 0 atom stereocenters. The lowest BCUT2D eigenvalue weighted by Crippen LogP contribution is -2.00. The van der Waals surface area contributed by atoms with Crippen LogP contribution < -0.4 is 0 Å². The number of aryl methyl sites for hydroxylation is 1. The van der Waals surface area contributed by atoms with Gasteiger partial charge in [-0.05, 0) is 18.6 Å². The molecule has 0 unspecified atom stereocenters. The van der Waals surface area contributed by atoms with E-state index in [0.29, 0.717) is 0 Å². The van der Waals surface area contributed by atoms with Gasteiger partial charge in [0.2, 0.25) is 0 Å². The van der Waals surface area contributed by atoms with Crippen LogP contribution in [0.5, 0.6) is 0 Å². The normalized spacial score (nSPS) is 10.8. The zero-order chi connectivity index (χ0) is 13.8. The highest BCUT2D eigenvalue weighted by Crippen LogP contribution is 2.11. The molecule has 0 bridgehead atoms. The van der Waals surface area contributed by atoms with Crippen molar-refractivity contribution in [2.45, 2.75) is 77.7 Å². The second-order valence-corrected chi connectivity index (χ2v) is 5.43. The van der Waals surface area contributed by atoms with E-state index in [-0.39, 0.29) is 0 Å². The molecule has 0 saturated heterocycles. The second kappa shape index (κ2) is 10.8. The van der Waals surface area contributed by atoms with Crippen LogP contribution in [0.3, 0.4) is 0 Å². The number of aromatic nitrogens is 1. The van der Waals surface area contributed by atoms with E-state index in [2.05, 4.69) is 11.5 Å². The molecule has 0 fully saturated rings. The lowest BCUT2D eigenvalue weighted by molar-refractivity contribution is 0.111. The molecule has 1 heterocycles. The highest BCUT2D eigenvalue weighted by atomic mass is 16.1. The Bertz CT molecular complexity index is 330. The zero-order valence-corrected chi connectivity index (χ0v) is 12.4. The summed E-state index contributed by atoms with van der Waals surface area (Å²) in [7, 11) is 0. The first kappa shape index (κ1) is 16.0. The van der Waals surface area contributed by atoms with Crippen LogP contribution >= 0.6 is 0 Å². The number of nitrogens with zero attached hydrogens (tertiary/aromatic N) is 1. The lowest BCUT2D eigenvalue weighted by Gasteiger charge is -2.05. The minimum Gasteiger partial charge on any atom is -0.345 e. The fourth-order valence-electron chi connectivity index (χ4n) is 2.51. The molecule has 1 aromatic heterocycles. The summed E-state index contributed by atoms with van der Waals surface area (Å²) in [5, 5.41) is 0. The molecular weight excluding hydrogens is 234 g/mol. The summed E-state index contributed by atoms with van der Waals surface area (Å²) in [5.41, 5.74) is 0.802. The monoisotopic (exact) mass is 263 g/mol. The van der Waals surface area contributed by atoms with E-state index in [0.717, 1.165) is 18.5 Å². The molecule has 0 aliphatic heterocycles. The zero-order valence-electron chi connectivity index (χ0n) is 12.4. The van der Waals surface area contributed by atoms with E-state index < -0.39 is 0 Å². The Labute approximate surface area is 118 Å². The van der Waals surface area contributed by atoms with Gasteiger partial charge >= 0.3 is 0 Å². The Morgan fingerprint density at radius 1 is 0.947 bits per heavy atom. The lowest BCUT2D eigenvalue weighted by atomic mass is 10.1. The van der Waals surface area contributed by atoms with Crippen molar-refractivity contribution in [3.63, 3.8) is 0 Å². The third-order valence-electron chi connectivity index (χ3n) is 3.74. The van der Waals surface area contributed by atoms with E-state index in [1.165, 1.54) is 64.2 Å². The molecule has 0 spiro atoms. The molecule has 0 radical (unpaired) electrons. The van der Waals surface area contributed by atoms with Crippen molar-refractivity contribution in [3.05, 3.63) is 24.0 Å². The Hall–Kier alpha value is -1.05. The number of carbonyl (C=O) groups is 1. The molecule has 0 aromatic carbocycles. The smallest absolute Gasteiger partial charge is 0.166 e. The SMILES string of the molecule is CCCCCCCCCCCCn1cccc1C=O. The first-order chi connectivity index (χ1) is 9.38. The molecule has 2 nitrogen and oxygen atoms in total. The summed E-state index contributed by atoms with van der Waals surface area (Å²) in [6.07, 6.45) is 16.5. The number of aldehydes is 1. The van der Waals surface area contributed by atoms with Crippen LogP contribution in [0.1, 0.15) is 81.6 Å². The van der Waals surface area contributed by atoms with Crippen LogP contribution in [0.4, 0.5) is 0 Å². The van der Waals surface area contributed by atoms with Crippen LogP contribution in [-0.2, 0) is 6.54 Å². The average Bonchev–Trinajstić information content (AvgIpc) is 2.88. The maximum absolute atomic E-state index is 10.7. The van der Waals surface area contributed by atoms with E-state index in [9.17, 15) is 4.79 Å². The summed E-state index contributed by atoms with van der Waals surface area (Å²) in [6.45, 7) is 3.25. The van der Waals surface area contributed by atoms with Gasteiger partial charge in [-0.1, -0.05) is 64.7 Å². The summed E-state index contributed by atoms with van der Waals surface area (Å²) in [5.74, 6) is 0. The quantitative estimate of drug-likeness (QED) is 0.374. The molecule has 19 heavy (non-hydrogen) atoms. The van der Waals surface area contributed by atoms with E-state index in [1.807, 2.05) is 18.3 Å². The number of carbonyl (C=O) groups excluding carboxylic acids is 1. The third kappa shape index (κ3) is 7.19. The summed E-state index contributed by atoms with van der Waals surface area (Å²) < 4.78 is 2.05. The predicted octanol–water partition coefficient (Wildman–Crippen LogP) is 5.22. The van der Waals surface area contributed by atoms with Gasteiger partial charge in [0.05, 0.1) is 5.69 Å². The van der Waals surface area contributed by atoms with Gasteiger partial charge in [0.1, 0.15) is 0 Å². The molecule has 1 rings (SSSR count). The topological polar surface area (TPSA) is 22.0 Å². The molecule has 108 valence electrons. The van der Waals surface area contributed by atoms with Gasteiger partial charge in [-0.15, -0.1) is 0 Å². The Balaban J connectivity index is 1.90. The van der Waals surface area contributed by atoms with Crippen molar-refractivity contribution in [1.82, 2.24) is 4.57 Å². The van der Waals surface area contributed by atoms with Crippen molar-refractivity contribution < 1.29 is 4.79 Å². The number of hydrogen-bond acceptors (Lipinski definition) is 1. The van der Waals surface area contributed by atoms with Crippen molar-refractivity contribution in [2.75, 3.05) is 0 Å². The summed E-state index contributed by atoms with van der Waals surface area (Å²) >= 11 is 0. The fourth-order valence-corrected chi connectivity index (χ4v) is 2.51. The van der Waals surface area contributed by atoms with Crippen LogP contribution in [0, 0.1) is 0 Å². The first-order valence-corrected chi connectivity index (χ1v) is 7.98. The molecular formula is C17H29NO. The van der Waals surface area contributed by atoms with Gasteiger partial charge in [0.15, 0.2) is 6.29 Å². The van der Waals surface area contributed by atoms with E-state index in [4.69, 9.17) is 0 Å². The number of unbranched alkanes of at least 4 members (excludes halogenated alkanes) is 9. The Kier molecular flexibility index (Phi) is 9.13. The Morgan fingerprint density at radius 2 is 1.53 bits per heavy atom.